The van der Waals surface area contributed by atoms with Crippen LogP contribution in [0.2, 0.25) is 0 Å². The van der Waals surface area contributed by atoms with E-state index >= 15 is 0 Å². The lowest BCUT2D eigenvalue weighted by Gasteiger charge is -2.33. The minimum atomic E-state index is -3.41. The van der Waals surface area contributed by atoms with E-state index in [2.05, 4.69) is 31.2 Å². The third kappa shape index (κ3) is 4.68. The number of rotatable bonds is 6. The minimum Gasteiger partial charge on any atom is -0.340 e. The summed E-state index contributed by atoms with van der Waals surface area (Å²) in [5, 5.41) is 1.76. The average molecular weight is 411 g/mol. The van der Waals surface area contributed by atoms with Crippen molar-refractivity contribution in [3.63, 3.8) is 0 Å². The summed E-state index contributed by atoms with van der Waals surface area (Å²) >= 11 is 2.90. The van der Waals surface area contributed by atoms with Crippen molar-refractivity contribution >= 4 is 39.0 Å². The number of carbonyl (C=O) groups excluding carboxylic acids is 1. The van der Waals surface area contributed by atoms with E-state index in [0.29, 0.717) is 36.8 Å². The third-order valence-corrected chi connectivity index (χ3v) is 8.57. The van der Waals surface area contributed by atoms with E-state index in [1.54, 1.807) is 34.2 Å². The summed E-state index contributed by atoms with van der Waals surface area (Å²) in [5.41, 5.74) is 1.22. The summed E-state index contributed by atoms with van der Waals surface area (Å²) in [6, 6.07) is 11.6. The van der Waals surface area contributed by atoms with Gasteiger partial charge < -0.3 is 4.90 Å². The normalized spacial score (nSPS) is 16.0. The molecule has 26 heavy (non-hydrogen) atoms. The van der Waals surface area contributed by atoms with Crippen molar-refractivity contribution in [3.05, 3.63) is 47.3 Å². The first-order valence-electron chi connectivity index (χ1n) is 8.48. The largest absolute Gasteiger partial charge is 0.340 e. The molecule has 0 atom stereocenters. The average Bonchev–Trinajstić information content (AvgIpc) is 3.19. The molecule has 1 aromatic carbocycles. The SMILES string of the molecule is Cc1ccc(SCCC(=O)N2CCN(S(=O)(=O)c3cccs3)CC2)cc1. The number of benzene rings is 1. The molecule has 2 heterocycles. The number of nitrogens with zero attached hydrogens (tertiary/aromatic N) is 2. The summed E-state index contributed by atoms with van der Waals surface area (Å²) in [6.07, 6.45) is 0.468. The molecule has 2 aromatic rings. The van der Waals surface area contributed by atoms with Gasteiger partial charge in [0.1, 0.15) is 4.21 Å². The molecule has 0 N–H and O–H groups in total. The number of carbonyl (C=O) groups is 1. The predicted octanol–water partition coefficient (Wildman–Crippen LogP) is 3.07. The topological polar surface area (TPSA) is 57.7 Å². The monoisotopic (exact) mass is 410 g/mol. The Morgan fingerprint density at radius 1 is 1.12 bits per heavy atom. The molecule has 0 spiro atoms. The highest BCUT2D eigenvalue weighted by atomic mass is 32.2. The van der Waals surface area contributed by atoms with Crippen molar-refractivity contribution in [1.82, 2.24) is 9.21 Å². The Bertz CT molecular complexity index is 825. The summed E-state index contributed by atoms with van der Waals surface area (Å²) in [4.78, 5) is 15.3. The van der Waals surface area contributed by atoms with E-state index in [1.165, 1.54) is 21.2 Å². The van der Waals surface area contributed by atoms with Gasteiger partial charge in [-0.25, -0.2) is 8.42 Å². The molecule has 1 aliphatic rings. The van der Waals surface area contributed by atoms with E-state index in [9.17, 15) is 13.2 Å². The van der Waals surface area contributed by atoms with E-state index in [-0.39, 0.29) is 5.91 Å². The Hall–Kier alpha value is -1.35. The predicted molar refractivity (Wildman–Crippen MR) is 106 cm³/mol. The number of thioether (sulfide) groups is 1. The molecule has 1 saturated heterocycles. The van der Waals surface area contributed by atoms with Gasteiger partial charge in [-0.1, -0.05) is 23.8 Å². The van der Waals surface area contributed by atoms with Crippen LogP contribution in [-0.4, -0.2) is 55.5 Å². The zero-order valence-electron chi connectivity index (χ0n) is 14.6. The fourth-order valence-corrected chi connectivity index (χ4v) is 6.17. The fourth-order valence-electron chi connectivity index (χ4n) is 2.76. The van der Waals surface area contributed by atoms with Crippen LogP contribution in [0.4, 0.5) is 0 Å². The van der Waals surface area contributed by atoms with Gasteiger partial charge in [0.05, 0.1) is 0 Å². The van der Waals surface area contributed by atoms with Gasteiger partial charge in [-0.2, -0.15) is 4.31 Å². The highest BCUT2D eigenvalue weighted by molar-refractivity contribution is 7.99. The van der Waals surface area contributed by atoms with Crippen LogP contribution in [0.1, 0.15) is 12.0 Å². The number of amides is 1. The Kier molecular flexibility index (Phi) is 6.39. The first-order chi connectivity index (χ1) is 12.5. The van der Waals surface area contributed by atoms with Crippen LogP contribution in [0.25, 0.3) is 0 Å². The molecular formula is C18H22N2O3S3. The van der Waals surface area contributed by atoms with E-state index < -0.39 is 10.0 Å². The Morgan fingerprint density at radius 3 is 2.42 bits per heavy atom. The number of aryl methyl sites for hydroxylation is 1. The zero-order chi connectivity index (χ0) is 18.6. The van der Waals surface area contributed by atoms with Gasteiger partial charge in [0.15, 0.2) is 0 Å². The second-order valence-corrected chi connectivity index (χ2v) is 10.4. The summed E-state index contributed by atoms with van der Waals surface area (Å²) < 4.78 is 26.9. The molecule has 3 rings (SSSR count). The van der Waals surface area contributed by atoms with Crippen LogP contribution < -0.4 is 0 Å². The molecular weight excluding hydrogens is 388 g/mol. The molecule has 0 aliphatic carbocycles. The van der Waals surface area contributed by atoms with Crippen molar-refractivity contribution < 1.29 is 13.2 Å². The van der Waals surface area contributed by atoms with Crippen molar-refractivity contribution in [2.24, 2.45) is 0 Å². The maximum Gasteiger partial charge on any atom is 0.252 e. The van der Waals surface area contributed by atoms with Gasteiger partial charge in [0.25, 0.3) is 10.0 Å². The highest BCUT2D eigenvalue weighted by Gasteiger charge is 2.30. The maximum absolute atomic E-state index is 12.5. The zero-order valence-corrected chi connectivity index (χ0v) is 17.1. The van der Waals surface area contributed by atoms with Crippen LogP contribution in [0.5, 0.6) is 0 Å². The summed E-state index contributed by atoms with van der Waals surface area (Å²) in [6.45, 7) is 3.68. The van der Waals surface area contributed by atoms with Gasteiger partial charge in [-0.3, -0.25) is 4.79 Å². The number of sulfonamides is 1. The van der Waals surface area contributed by atoms with Crippen molar-refractivity contribution in [2.45, 2.75) is 22.4 Å². The number of hydrogen-bond acceptors (Lipinski definition) is 5. The Labute approximate surface area is 163 Å². The second kappa shape index (κ2) is 8.56. The van der Waals surface area contributed by atoms with Gasteiger partial charge in [-0.05, 0) is 30.5 Å². The molecule has 8 heteroatoms. The van der Waals surface area contributed by atoms with Crippen LogP contribution in [0.3, 0.4) is 0 Å². The lowest BCUT2D eigenvalue weighted by molar-refractivity contribution is -0.131. The fraction of sp³-hybridized carbons (Fsp3) is 0.389. The van der Waals surface area contributed by atoms with Crippen molar-refractivity contribution in [1.29, 1.82) is 0 Å². The van der Waals surface area contributed by atoms with Gasteiger partial charge in [-0.15, -0.1) is 23.1 Å². The van der Waals surface area contributed by atoms with Gasteiger partial charge in [0.2, 0.25) is 5.91 Å². The van der Waals surface area contributed by atoms with E-state index in [4.69, 9.17) is 0 Å². The third-order valence-electron chi connectivity index (χ3n) is 4.29. The smallest absolute Gasteiger partial charge is 0.252 e. The first-order valence-corrected chi connectivity index (χ1v) is 11.8. The molecule has 0 unspecified atom stereocenters. The van der Waals surface area contributed by atoms with E-state index in [0.717, 1.165) is 10.6 Å². The number of hydrogen-bond donors (Lipinski definition) is 0. The van der Waals surface area contributed by atoms with Crippen LogP contribution >= 0.6 is 23.1 Å². The maximum atomic E-state index is 12.5. The lowest BCUT2D eigenvalue weighted by atomic mass is 10.2. The summed E-state index contributed by atoms with van der Waals surface area (Å²) in [7, 11) is -3.41. The quantitative estimate of drug-likeness (QED) is 0.687. The molecule has 5 nitrogen and oxygen atoms in total. The first kappa shape index (κ1) is 19.4. The van der Waals surface area contributed by atoms with Crippen LogP contribution in [-0.2, 0) is 14.8 Å². The molecule has 0 saturated carbocycles. The minimum absolute atomic E-state index is 0.0952. The molecule has 1 fully saturated rings. The lowest BCUT2D eigenvalue weighted by Crippen LogP contribution is -2.50. The molecule has 0 radical (unpaired) electrons. The molecule has 140 valence electrons. The molecule has 0 bridgehead atoms. The Balaban J connectivity index is 1.45. The van der Waals surface area contributed by atoms with Crippen LogP contribution in [0, 0.1) is 6.92 Å². The number of piperazine rings is 1. The van der Waals surface area contributed by atoms with Gasteiger partial charge in [0, 0.05) is 43.2 Å². The molecule has 1 amide bonds. The summed E-state index contributed by atoms with van der Waals surface area (Å²) in [5.74, 6) is 0.827. The highest BCUT2D eigenvalue weighted by Crippen LogP contribution is 2.23. The van der Waals surface area contributed by atoms with E-state index in [1.807, 2.05) is 0 Å². The Morgan fingerprint density at radius 2 is 1.81 bits per heavy atom. The van der Waals surface area contributed by atoms with Crippen molar-refractivity contribution in [3.8, 4) is 0 Å². The van der Waals surface area contributed by atoms with Crippen LogP contribution in [0.15, 0.2) is 50.9 Å². The van der Waals surface area contributed by atoms with Gasteiger partial charge >= 0.3 is 0 Å². The standard InChI is InChI=1S/C18H22N2O3S3/c1-15-4-6-16(7-5-15)24-14-8-17(21)19-9-11-20(12-10-19)26(22,23)18-3-2-13-25-18/h2-7,13H,8-12,14H2,1H3. The van der Waals surface area contributed by atoms with Crippen molar-refractivity contribution in [2.75, 3.05) is 31.9 Å². The molecule has 1 aliphatic heterocycles. The second-order valence-electron chi connectivity index (χ2n) is 6.13. The number of thiophene rings is 1. The molecule has 1 aromatic heterocycles.